The van der Waals surface area contributed by atoms with E-state index in [4.69, 9.17) is 5.73 Å². The van der Waals surface area contributed by atoms with Crippen molar-refractivity contribution in [1.82, 2.24) is 0 Å². The van der Waals surface area contributed by atoms with Crippen LogP contribution in [0, 0.1) is 17.8 Å². The summed E-state index contributed by atoms with van der Waals surface area (Å²) in [5.74, 6) is -5.31. The van der Waals surface area contributed by atoms with Gasteiger partial charge in [0.15, 0.2) is 11.4 Å². The lowest BCUT2D eigenvalue weighted by Crippen LogP contribution is -2.58. The number of phenols is 1. The maximum atomic E-state index is 13.5. The van der Waals surface area contributed by atoms with Crippen molar-refractivity contribution in [1.29, 1.82) is 0 Å². The van der Waals surface area contributed by atoms with E-state index in [0.29, 0.717) is 12.3 Å². The second-order valence-corrected chi connectivity index (χ2v) is 10.5. The van der Waals surface area contributed by atoms with Crippen molar-refractivity contribution in [3.8, 4) is 5.75 Å². The van der Waals surface area contributed by atoms with Gasteiger partial charge < -0.3 is 26.2 Å². The van der Waals surface area contributed by atoms with Gasteiger partial charge >= 0.3 is 0 Å². The average molecular weight is 482 g/mol. The number of aliphatic hydroxyl groups excluding tert-OH is 2. The Morgan fingerprint density at radius 3 is 2.46 bits per heavy atom. The van der Waals surface area contributed by atoms with Crippen molar-refractivity contribution < 1.29 is 34.8 Å². The first-order chi connectivity index (χ1) is 16.6. The second kappa shape index (κ2) is 8.52. The van der Waals surface area contributed by atoms with Crippen molar-refractivity contribution >= 4 is 23.2 Å². The number of carbonyl (C=O) groups excluding carboxylic acids is 3. The fraction of sp³-hybridized carbons (Fsp3) is 0.519. The van der Waals surface area contributed by atoms with Crippen LogP contribution in [0.15, 0.2) is 29.0 Å². The van der Waals surface area contributed by atoms with Gasteiger partial charge in [-0.15, -0.1) is 0 Å². The molecular weight excluding hydrogens is 450 g/mol. The van der Waals surface area contributed by atoms with E-state index >= 15 is 0 Å². The van der Waals surface area contributed by atoms with Crippen molar-refractivity contribution in [3.05, 3.63) is 45.7 Å². The van der Waals surface area contributed by atoms with E-state index in [9.17, 15) is 34.8 Å². The molecule has 1 amide bonds. The van der Waals surface area contributed by atoms with Crippen LogP contribution in [-0.4, -0.2) is 43.5 Å². The Morgan fingerprint density at radius 2 is 1.77 bits per heavy atom. The Hall–Kier alpha value is -3.13. The van der Waals surface area contributed by atoms with Gasteiger partial charge in [0.2, 0.25) is 5.78 Å². The number of hydrogen-bond donors (Lipinski definition) is 5. The Balaban J connectivity index is 1.55. The number of aromatic hydroxyl groups is 1. The molecule has 0 bridgehead atoms. The quantitative estimate of drug-likeness (QED) is 0.414. The fourth-order valence-corrected chi connectivity index (χ4v) is 6.76. The van der Waals surface area contributed by atoms with E-state index in [2.05, 4.69) is 0 Å². The summed E-state index contributed by atoms with van der Waals surface area (Å²) in [5.41, 5.74) is 3.80. The molecule has 3 atom stereocenters. The molecule has 0 heterocycles. The molecule has 0 aliphatic heterocycles. The highest BCUT2D eigenvalue weighted by Gasteiger charge is 2.60. The Kier molecular flexibility index (Phi) is 5.74. The lowest BCUT2D eigenvalue weighted by molar-refractivity contribution is -0.147. The smallest absolute Gasteiger partial charge is 0.255 e. The van der Waals surface area contributed by atoms with Gasteiger partial charge in [-0.1, -0.05) is 38.2 Å². The third-order valence-corrected chi connectivity index (χ3v) is 8.59. The van der Waals surface area contributed by atoms with Crippen LogP contribution < -0.4 is 5.73 Å². The maximum Gasteiger partial charge on any atom is 0.255 e. The van der Waals surface area contributed by atoms with Crippen LogP contribution in [0.1, 0.15) is 68.1 Å². The Bertz CT molecular complexity index is 1190. The van der Waals surface area contributed by atoms with Gasteiger partial charge in [0.1, 0.15) is 22.8 Å². The number of phenolic OH excluding ortho intramolecular Hbond substituents is 1. The van der Waals surface area contributed by atoms with Gasteiger partial charge in [0, 0.05) is 17.9 Å². The van der Waals surface area contributed by atoms with E-state index in [1.807, 2.05) is 6.07 Å². The molecule has 2 fully saturated rings. The van der Waals surface area contributed by atoms with Crippen molar-refractivity contribution in [3.63, 3.8) is 0 Å². The number of carbonyl (C=O) groups is 3. The third kappa shape index (κ3) is 3.57. The zero-order valence-electron chi connectivity index (χ0n) is 19.5. The van der Waals surface area contributed by atoms with Gasteiger partial charge in [-0.05, 0) is 54.7 Å². The van der Waals surface area contributed by atoms with Crippen LogP contribution in [0.2, 0.25) is 0 Å². The zero-order valence-corrected chi connectivity index (χ0v) is 19.5. The van der Waals surface area contributed by atoms with Crippen LogP contribution in [-0.2, 0) is 27.2 Å². The number of aliphatic hydroxyl groups is 3. The minimum absolute atomic E-state index is 0.0966. The van der Waals surface area contributed by atoms with Crippen LogP contribution in [0.25, 0.3) is 5.76 Å². The zero-order chi connectivity index (χ0) is 25.1. The molecule has 2 saturated carbocycles. The minimum atomic E-state index is -2.52. The van der Waals surface area contributed by atoms with Crippen molar-refractivity contribution in [2.45, 2.75) is 69.8 Å². The number of aryl methyl sites for hydroxylation is 1. The number of hydrogen-bond acceptors (Lipinski definition) is 7. The summed E-state index contributed by atoms with van der Waals surface area (Å²) in [6.07, 6.45) is 8.23. The minimum Gasteiger partial charge on any atom is -0.508 e. The molecule has 1 aromatic rings. The molecule has 186 valence electrons. The predicted octanol–water partition coefficient (Wildman–Crippen LogP) is 2.94. The molecule has 0 spiro atoms. The number of rotatable bonds is 4. The summed E-state index contributed by atoms with van der Waals surface area (Å²) < 4.78 is 0. The number of Topliss-reactive ketones (excluding diaryl/α,β-unsaturated/α-hetero) is 2. The molecule has 1 aromatic carbocycles. The molecule has 35 heavy (non-hydrogen) atoms. The molecular formula is C27H31NO7. The first-order valence-electron chi connectivity index (χ1n) is 12.5. The third-order valence-electron chi connectivity index (χ3n) is 8.59. The predicted molar refractivity (Wildman–Crippen MR) is 126 cm³/mol. The molecule has 0 aromatic heterocycles. The summed E-state index contributed by atoms with van der Waals surface area (Å²) in [7, 11) is 0. The lowest BCUT2D eigenvalue weighted by Gasteiger charge is -2.46. The number of fused-ring (bicyclic) bond motifs is 3. The maximum absolute atomic E-state index is 13.5. The van der Waals surface area contributed by atoms with E-state index in [0.717, 1.165) is 24.0 Å². The van der Waals surface area contributed by atoms with E-state index in [1.165, 1.54) is 38.2 Å². The molecule has 8 nitrogen and oxygen atoms in total. The monoisotopic (exact) mass is 481 g/mol. The summed E-state index contributed by atoms with van der Waals surface area (Å²) >= 11 is 0. The van der Waals surface area contributed by atoms with E-state index < -0.39 is 52.0 Å². The van der Waals surface area contributed by atoms with Crippen LogP contribution in [0.4, 0.5) is 0 Å². The Labute approximate surface area is 203 Å². The average Bonchev–Trinajstić information content (AvgIpc) is 2.81. The normalized spacial score (nSPS) is 29.1. The molecule has 0 radical (unpaired) electrons. The summed E-state index contributed by atoms with van der Waals surface area (Å²) in [6, 6.07) is 3.38. The first-order valence-corrected chi connectivity index (χ1v) is 12.5. The molecule has 8 heteroatoms. The summed E-state index contributed by atoms with van der Waals surface area (Å²) in [5, 5.41) is 43.7. The molecule has 4 aliphatic rings. The SMILES string of the molecule is NC(=O)C1=C(O)C2(O)C(=O)C3=C(O)c4c(O)ccc(CCC5CCCCC5)c4CC3CC2CC1=O. The van der Waals surface area contributed by atoms with Crippen LogP contribution >= 0.6 is 0 Å². The van der Waals surface area contributed by atoms with Crippen LogP contribution in [0.5, 0.6) is 5.75 Å². The summed E-state index contributed by atoms with van der Waals surface area (Å²) in [4.78, 5) is 37.7. The van der Waals surface area contributed by atoms with Crippen molar-refractivity contribution in [2.24, 2.45) is 23.5 Å². The molecule has 5 rings (SSSR count). The second-order valence-electron chi connectivity index (χ2n) is 10.5. The number of benzene rings is 1. The van der Waals surface area contributed by atoms with Crippen molar-refractivity contribution in [2.75, 3.05) is 0 Å². The van der Waals surface area contributed by atoms with Gasteiger partial charge in [0.05, 0.1) is 5.56 Å². The highest BCUT2D eigenvalue weighted by Crippen LogP contribution is 2.52. The standard InChI is InChI=1S/C27H31NO7/c28-26(34)22-19(30)12-16-10-15-11-17-14(7-6-13-4-2-1-3-5-13)8-9-18(29)21(17)23(31)20(15)24(32)27(16,35)25(22)33/h8-9,13,15-16,29,31,33,35H,1-7,10-12H2,(H2,28,34). The van der Waals surface area contributed by atoms with Gasteiger partial charge in [0.25, 0.3) is 5.91 Å². The number of ketones is 2. The Morgan fingerprint density at radius 1 is 1.06 bits per heavy atom. The number of primary amides is 1. The van der Waals surface area contributed by atoms with E-state index in [-0.39, 0.29) is 29.7 Å². The van der Waals surface area contributed by atoms with Gasteiger partial charge in [-0.25, -0.2) is 0 Å². The van der Waals surface area contributed by atoms with E-state index in [1.54, 1.807) is 0 Å². The highest BCUT2D eigenvalue weighted by molar-refractivity contribution is 6.22. The molecule has 0 saturated heterocycles. The van der Waals surface area contributed by atoms with Gasteiger partial charge in [-0.2, -0.15) is 0 Å². The summed E-state index contributed by atoms with van der Waals surface area (Å²) in [6.45, 7) is 0. The molecule has 6 N–H and O–H groups in total. The first kappa shape index (κ1) is 23.6. The van der Waals surface area contributed by atoms with Crippen LogP contribution in [0.3, 0.4) is 0 Å². The lowest BCUT2D eigenvalue weighted by atomic mass is 9.59. The molecule has 4 aliphatic carbocycles. The largest absolute Gasteiger partial charge is 0.508 e. The molecule has 3 unspecified atom stereocenters. The topological polar surface area (TPSA) is 158 Å². The number of amides is 1. The van der Waals surface area contributed by atoms with Gasteiger partial charge in [-0.3, -0.25) is 14.4 Å². The number of nitrogens with two attached hydrogens (primary N) is 1. The highest BCUT2D eigenvalue weighted by atomic mass is 16.3. The fourth-order valence-electron chi connectivity index (χ4n) is 6.76.